The maximum absolute atomic E-state index is 12.2. The topological polar surface area (TPSA) is 81.2 Å². The Labute approximate surface area is 155 Å². The van der Waals surface area contributed by atoms with E-state index in [0.29, 0.717) is 22.6 Å². The number of benzene rings is 2. The summed E-state index contributed by atoms with van der Waals surface area (Å²) in [6.07, 6.45) is 0.631. The van der Waals surface area contributed by atoms with Gasteiger partial charge in [0.1, 0.15) is 6.61 Å². The minimum absolute atomic E-state index is 0.125. The molecule has 0 bridgehead atoms. The van der Waals surface area contributed by atoms with Crippen molar-refractivity contribution in [2.45, 2.75) is 20.0 Å². The highest BCUT2D eigenvalue weighted by atomic mass is 32.1. The number of carbonyl (C=O) groups excluding carboxylic acids is 2. The number of hydrogen-bond donors (Lipinski definition) is 1. The molecule has 3 aromatic rings. The van der Waals surface area contributed by atoms with Crippen LogP contribution in [0.2, 0.25) is 0 Å². The van der Waals surface area contributed by atoms with Crippen LogP contribution in [-0.4, -0.2) is 21.5 Å². The van der Waals surface area contributed by atoms with Gasteiger partial charge in [0.15, 0.2) is 4.88 Å². The lowest BCUT2D eigenvalue weighted by molar-refractivity contribution is 0.0477. The Morgan fingerprint density at radius 2 is 1.81 bits per heavy atom. The molecule has 0 atom stereocenters. The Balaban J connectivity index is 1.57. The van der Waals surface area contributed by atoms with Crippen molar-refractivity contribution in [2.75, 3.05) is 5.32 Å². The number of carbonyl (C=O) groups is 2. The predicted octanol–water partition coefficient (Wildman–Crippen LogP) is 3.71. The first-order chi connectivity index (χ1) is 12.7. The monoisotopic (exact) mass is 367 g/mol. The molecule has 26 heavy (non-hydrogen) atoms. The lowest BCUT2D eigenvalue weighted by Crippen LogP contribution is -2.12. The number of hydrogen-bond acceptors (Lipinski definition) is 6. The second-order valence-electron chi connectivity index (χ2n) is 5.50. The van der Waals surface area contributed by atoms with Gasteiger partial charge >= 0.3 is 5.97 Å². The summed E-state index contributed by atoms with van der Waals surface area (Å²) in [4.78, 5) is 24.7. The minimum atomic E-state index is -0.428. The van der Waals surface area contributed by atoms with Crippen LogP contribution in [-0.2, 0) is 17.8 Å². The molecule has 0 aliphatic heterocycles. The van der Waals surface area contributed by atoms with E-state index in [9.17, 15) is 9.59 Å². The molecule has 1 amide bonds. The number of esters is 1. The van der Waals surface area contributed by atoms with Gasteiger partial charge in [0, 0.05) is 11.3 Å². The van der Waals surface area contributed by atoms with E-state index in [1.165, 1.54) is 0 Å². The van der Waals surface area contributed by atoms with Gasteiger partial charge in [0.05, 0.1) is 5.69 Å². The van der Waals surface area contributed by atoms with Crippen molar-refractivity contribution in [2.24, 2.45) is 0 Å². The third kappa shape index (κ3) is 4.31. The largest absolute Gasteiger partial charge is 0.457 e. The molecule has 0 aliphatic carbocycles. The van der Waals surface area contributed by atoms with Gasteiger partial charge in [0.2, 0.25) is 0 Å². The quantitative estimate of drug-likeness (QED) is 0.672. The molecule has 2 aromatic carbocycles. The molecular weight excluding hydrogens is 350 g/mol. The van der Waals surface area contributed by atoms with E-state index in [2.05, 4.69) is 14.9 Å². The van der Waals surface area contributed by atoms with Gasteiger partial charge < -0.3 is 10.1 Å². The molecule has 1 aromatic heterocycles. The fourth-order valence-electron chi connectivity index (χ4n) is 2.29. The standard InChI is InChI=1S/C19H17N3O3S/c1-2-16-17(26-22-21-16)19(24)25-12-13-8-10-14(11-9-13)18(23)20-15-6-4-3-5-7-15/h3-11H,2,12H2,1H3,(H,20,23). The molecular formula is C19H17N3O3S. The number of ether oxygens (including phenoxy) is 1. The van der Waals surface area contributed by atoms with E-state index in [4.69, 9.17) is 4.74 Å². The number of nitrogens with zero attached hydrogens (tertiary/aromatic N) is 2. The van der Waals surface area contributed by atoms with E-state index >= 15 is 0 Å². The summed E-state index contributed by atoms with van der Waals surface area (Å²) in [5.41, 5.74) is 2.71. The molecule has 0 saturated carbocycles. The second-order valence-corrected chi connectivity index (χ2v) is 6.25. The van der Waals surface area contributed by atoms with Crippen molar-refractivity contribution in [3.05, 3.63) is 76.3 Å². The number of aromatic nitrogens is 2. The second kappa shape index (κ2) is 8.35. The van der Waals surface area contributed by atoms with Crippen molar-refractivity contribution in [1.82, 2.24) is 9.59 Å². The Bertz CT molecular complexity index is 892. The van der Waals surface area contributed by atoms with Crippen LogP contribution in [0.25, 0.3) is 0 Å². The SMILES string of the molecule is CCc1nnsc1C(=O)OCc1ccc(C(=O)Nc2ccccc2)cc1. The summed E-state index contributed by atoms with van der Waals surface area (Å²) in [6.45, 7) is 2.03. The highest BCUT2D eigenvalue weighted by molar-refractivity contribution is 7.07. The summed E-state index contributed by atoms with van der Waals surface area (Å²) in [6, 6.07) is 16.2. The van der Waals surface area contributed by atoms with Gasteiger partial charge in [-0.1, -0.05) is 41.7 Å². The van der Waals surface area contributed by atoms with Gasteiger partial charge in [-0.05, 0) is 47.8 Å². The molecule has 1 heterocycles. The Morgan fingerprint density at radius 3 is 2.50 bits per heavy atom. The van der Waals surface area contributed by atoms with Gasteiger partial charge in [-0.15, -0.1) is 5.10 Å². The summed E-state index contributed by atoms with van der Waals surface area (Å²) in [5, 5.41) is 6.72. The zero-order chi connectivity index (χ0) is 18.4. The van der Waals surface area contributed by atoms with Crippen LogP contribution in [0.15, 0.2) is 54.6 Å². The highest BCUT2D eigenvalue weighted by Gasteiger charge is 2.16. The first-order valence-electron chi connectivity index (χ1n) is 8.11. The van der Waals surface area contributed by atoms with Gasteiger partial charge in [-0.2, -0.15) is 0 Å². The van der Waals surface area contributed by atoms with Crippen LogP contribution in [0.4, 0.5) is 5.69 Å². The summed E-state index contributed by atoms with van der Waals surface area (Å²) >= 11 is 1.04. The number of anilines is 1. The Hall–Kier alpha value is -3.06. The first-order valence-corrected chi connectivity index (χ1v) is 8.88. The van der Waals surface area contributed by atoms with E-state index in [0.717, 1.165) is 22.8 Å². The maximum Gasteiger partial charge on any atom is 0.352 e. The lowest BCUT2D eigenvalue weighted by Gasteiger charge is -2.07. The van der Waals surface area contributed by atoms with Crippen molar-refractivity contribution in [3.8, 4) is 0 Å². The third-order valence-corrected chi connectivity index (χ3v) is 4.44. The van der Waals surface area contributed by atoms with Gasteiger partial charge in [-0.3, -0.25) is 4.79 Å². The molecule has 0 spiro atoms. The highest BCUT2D eigenvalue weighted by Crippen LogP contribution is 2.15. The van der Waals surface area contributed by atoms with Crippen LogP contribution in [0.3, 0.4) is 0 Å². The van der Waals surface area contributed by atoms with Crippen LogP contribution < -0.4 is 5.32 Å². The summed E-state index contributed by atoms with van der Waals surface area (Å²) < 4.78 is 9.08. The molecule has 7 heteroatoms. The fourth-order valence-corrected chi connectivity index (χ4v) is 2.93. The van der Waals surface area contributed by atoms with Gasteiger partial charge in [-0.25, -0.2) is 4.79 Å². The molecule has 132 valence electrons. The molecule has 0 aliphatic rings. The number of amides is 1. The van der Waals surface area contributed by atoms with E-state index < -0.39 is 5.97 Å². The number of para-hydroxylation sites is 1. The summed E-state index contributed by atoms with van der Waals surface area (Å²) in [5.74, 6) is -0.620. The third-order valence-electron chi connectivity index (χ3n) is 3.69. The molecule has 1 N–H and O–H groups in total. The first kappa shape index (κ1) is 17.8. The normalized spacial score (nSPS) is 10.3. The van der Waals surface area contributed by atoms with E-state index in [-0.39, 0.29) is 12.5 Å². The zero-order valence-corrected chi connectivity index (χ0v) is 15.0. The van der Waals surface area contributed by atoms with Gasteiger partial charge in [0.25, 0.3) is 5.91 Å². The van der Waals surface area contributed by atoms with E-state index in [1.807, 2.05) is 37.3 Å². The van der Waals surface area contributed by atoms with Crippen molar-refractivity contribution < 1.29 is 14.3 Å². The number of rotatable bonds is 6. The zero-order valence-electron chi connectivity index (χ0n) is 14.1. The van der Waals surface area contributed by atoms with Crippen molar-refractivity contribution in [1.29, 1.82) is 0 Å². The van der Waals surface area contributed by atoms with Crippen LogP contribution in [0.5, 0.6) is 0 Å². The Kier molecular flexibility index (Phi) is 5.70. The predicted molar refractivity (Wildman–Crippen MR) is 99.2 cm³/mol. The maximum atomic E-state index is 12.2. The van der Waals surface area contributed by atoms with Crippen LogP contribution in [0, 0.1) is 0 Å². The molecule has 0 saturated heterocycles. The smallest absolute Gasteiger partial charge is 0.352 e. The average molecular weight is 367 g/mol. The molecule has 0 fully saturated rings. The lowest BCUT2D eigenvalue weighted by atomic mass is 10.1. The summed E-state index contributed by atoms with van der Waals surface area (Å²) in [7, 11) is 0. The van der Waals surface area contributed by atoms with Crippen LogP contribution in [0.1, 0.15) is 38.2 Å². The van der Waals surface area contributed by atoms with E-state index in [1.54, 1.807) is 24.3 Å². The van der Waals surface area contributed by atoms with Crippen molar-refractivity contribution in [3.63, 3.8) is 0 Å². The number of nitrogens with one attached hydrogen (secondary N) is 1. The average Bonchev–Trinajstić information content (AvgIpc) is 3.16. The molecule has 3 rings (SSSR count). The minimum Gasteiger partial charge on any atom is -0.457 e. The number of aryl methyl sites for hydroxylation is 1. The Morgan fingerprint density at radius 1 is 1.08 bits per heavy atom. The molecule has 0 unspecified atom stereocenters. The van der Waals surface area contributed by atoms with Crippen LogP contribution >= 0.6 is 11.5 Å². The van der Waals surface area contributed by atoms with Crippen molar-refractivity contribution >= 4 is 29.1 Å². The molecule has 0 radical (unpaired) electrons. The molecule has 6 nitrogen and oxygen atoms in total. The fraction of sp³-hybridized carbons (Fsp3) is 0.158.